The maximum atomic E-state index is 12.1. The predicted molar refractivity (Wildman–Crippen MR) is 80.7 cm³/mol. The largest absolute Gasteiger partial charge is 0.451 e. The van der Waals surface area contributed by atoms with Gasteiger partial charge in [0.15, 0.2) is 16.7 Å². The molecule has 0 unspecified atom stereocenters. The highest BCUT2D eigenvalue weighted by Gasteiger charge is 2.15. The first-order chi connectivity index (χ1) is 10.0. The lowest BCUT2D eigenvalue weighted by Gasteiger charge is -1.96. The summed E-state index contributed by atoms with van der Waals surface area (Å²) in [5, 5.41) is 5.30. The second-order valence-electron chi connectivity index (χ2n) is 4.46. The number of rotatable bonds is 3. The zero-order valence-electron chi connectivity index (χ0n) is 11.0. The summed E-state index contributed by atoms with van der Waals surface area (Å²) in [5.74, 6) is -0.407. The Morgan fingerprint density at radius 2 is 2.14 bits per heavy atom. The Morgan fingerprint density at radius 3 is 2.86 bits per heavy atom. The zero-order chi connectivity index (χ0) is 15.0. The van der Waals surface area contributed by atoms with Gasteiger partial charge in [-0.05, 0) is 24.3 Å². The van der Waals surface area contributed by atoms with E-state index in [0.29, 0.717) is 22.1 Å². The zero-order valence-corrected chi connectivity index (χ0v) is 11.9. The third-order valence-corrected chi connectivity index (χ3v) is 3.61. The van der Waals surface area contributed by atoms with Gasteiger partial charge in [-0.1, -0.05) is 0 Å². The standard InChI is InChI=1S/C14H11N3O3S/c1-7(18)10-6-21-14(16-10)17-13(19)12-5-8-4-9(15)2-3-11(8)20-12/h2-6H,15H2,1H3,(H,16,17,19). The number of thiazole rings is 1. The van der Waals surface area contributed by atoms with Gasteiger partial charge < -0.3 is 10.2 Å². The van der Waals surface area contributed by atoms with Crippen molar-refractivity contribution < 1.29 is 14.0 Å². The molecule has 0 atom stereocenters. The number of nitrogens with one attached hydrogen (secondary N) is 1. The second kappa shape index (κ2) is 5.02. The molecule has 7 heteroatoms. The molecular weight excluding hydrogens is 290 g/mol. The molecule has 0 aliphatic heterocycles. The highest BCUT2D eigenvalue weighted by atomic mass is 32.1. The van der Waals surface area contributed by atoms with Gasteiger partial charge in [0.1, 0.15) is 11.3 Å². The van der Waals surface area contributed by atoms with Gasteiger partial charge in [0.25, 0.3) is 5.91 Å². The molecule has 106 valence electrons. The summed E-state index contributed by atoms with van der Waals surface area (Å²) in [5.41, 5.74) is 7.19. The topological polar surface area (TPSA) is 98.2 Å². The van der Waals surface area contributed by atoms with Crippen molar-refractivity contribution in [3.8, 4) is 0 Å². The van der Waals surface area contributed by atoms with E-state index in [9.17, 15) is 9.59 Å². The molecule has 3 N–H and O–H groups in total. The van der Waals surface area contributed by atoms with E-state index in [1.165, 1.54) is 18.3 Å². The molecule has 1 aromatic carbocycles. The van der Waals surface area contributed by atoms with Crippen molar-refractivity contribution in [1.29, 1.82) is 0 Å². The maximum absolute atomic E-state index is 12.1. The number of nitrogens with two attached hydrogens (primary N) is 1. The van der Waals surface area contributed by atoms with Crippen LogP contribution in [0.1, 0.15) is 28.0 Å². The van der Waals surface area contributed by atoms with E-state index in [2.05, 4.69) is 10.3 Å². The number of fused-ring (bicyclic) bond motifs is 1. The molecular formula is C14H11N3O3S. The quantitative estimate of drug-likeness (QED) is 0.572. The molecule has 2 aromatic heterocycles. The molecule has 0 fully saturated rings. The van der Waals surface area contributed by atoms with Crippen LogP contribution in [0.4, 0.5) is 10.8 Å². The number of benzene rings is 1. The number of amides is 1. The van der Waals surface area contributed by atoms with E-state index >= 15 is 0 Å². The molecule has 21 heavy (non-hydrogen) atoms. The number of aromatic nitrogens is 1. The monoisotopic (exact) mass is 301 g/mol. The van der Waals surface area contributed by atoms with Crippen molar-refractivity contribution in [2.24, 2.45) is 0 Å². The van der Waals surface area contributed by atoms with Crippen LogP contribution in [0, 0.1) is 0 Å². The third-order valence-electron chi connectivity index (χ3n) is 2.85. The van der Waals surface area contributed by atoms with Crippen LogP contribution >= 0.6 is 11.3 Å². The van der Waals surface area contributed by atoms with E-state index in [1.807, 2.05) is 0 Å². The smallest absolute Gasteiger partial charge is 0.293 e. The summed E-state index contributed by atoms with van der Waals surface area (Å²) in [6.45, 7) is 1.42. The minimum atomic E-state index is -0.422. The van der Waals surface area contributed by atoms with Crippen LogP contribution in [0.25, 0.3) is 11.0 Å². The Labute approximate surface area is 123 Å². The highest BCUT2D eigenvalue weighted by molar-refractivity contribution is 7.14. The van der Waals surface area contributed by atoms with Crippen molar-refractivity contribution in [3.05, 3.63) is 41.1 Å². The Balaban J connectivity index is 1.84. The molecule has 0 bridgehead atoms. The van der Waals surface area contributed by atoms with E-state index in [1.54, 1.807) is 29.6 Å². The van der Waals surface area contributed by atoms with Crippen LogP contribution in [-0.4, -0.2) is 16.7 Å². The van der Waals surface area contributed by atoms with Crippen molar-refractivity contribution in [2.75, 3.05) is 11.1 Å². The van der Waals surface area contributed by atoms with E-state index in [0.717, 1.165) is 5.39 Å². The average Bonchev–Trinajstić information content (AvgIpc) is 3.04. The fraction of sp³-hybridized carbons (Fsp3) is 0.0714. The van der Waals surface area contributed by atoms with Crippen LogP contribution < -0.4 is 11.1 Å². The maximum Gasteiger partial charge on any atom is 0.293 e. The number of anilines is 2. The third kappa shape index (κ3) is 2.63. The lowest BCUT2D eigenvalue weighted by Crippen LogP contribution is -2.10. The summed E-state index contributed by atoms with van der Waals surface area (Å²) in [4.78, 5) is 27.3. The Kier molecular flexibility index (Phi) is 3.19. The van der Waals surface area contributed by atoms with Crippen LogP contribution in [0.2, 0.25) is 0 Å². The number of nitrogen functional groups attached to an aromatic ring is 1. The fourth-order valence-corrected chi connectivity index (χ4v) is 2.57. The Bertz CT molecular complexity index is 850. The number of hydrogen-bond donors (Lipinski definition) is 2. The van der Waals surface area contributed by atoms with Gasteiger partial charge in [-0.2, -0.15) is 0 Å². The van der Waals surface area contributed by atoms with Gasteiger partial charge in [0.05, 0.1) is 0 Å². The van der Waals surface area contributed by atoms with Crippen molar-refractivity contribution >= 4 is 44.8 Å². The molecule has 2 heterocycles. The molecule has 3 aromatic rings. The lowest BCUT2D eigenvalue weighted by molar-refractivity contribution is 0.0992. The summed E-state index contributed by atoms with van der Waals surface area (Å²) >= 11 is 1.18. The molecule has 0 aliphatic rings. The minimum Gasteiger partial charge on any atom is -0.451 e. The molecule has 0 saturated carbocycles. The Morgan fingerprint density at radius 1 is 1.33 bits per heavy atom. The predicted octanol–water partition coefficient (Wildman–Crippen LogP) is 2.93. The normalized spacial score (nSPS) is 10.7. The van der Waals surface area contributed by atoms with Crippen molar-refractivity contribution in [3.63, 3.8) is 0 Å². The molecule has 3 rings (SSSR count). The lowest BCUT2D eigenvalue weighted by atomic mass is 10.2. The van der Waals surface area contributed by atoms with Crippen LogP contribution in [0.5, 0.6) is 0 Å². The fourth-order valence-electron chi connectivity index (χ4n) is 1.83. The van der Waals surface area contributed by atoms with Gasteiger partial charge in [0, 0.05) is 23.4 Å². The summed E-state index contributed by atoms with van der Waals surface area (Å²) < 4.78 is 5.45. The first-order valence-corrected chi connectivity index (χ1v) is 6.98. The van der Waals surface area contributed by atoms with E-state index in [4.69, 9.17) is 10.2 Å². The van der Waals surface area contributed by atoms with Crippen LogP contribution in [0.3, 0.4) is 0 Å². The van der Waals surface area contributed by atoms with Crippen molar-refractivity contribution in [1.82, 2.24) is 4.98 Å². The first-order valence-electron chi connectivity index (χ1n) is 6.10. The minimum absolute atomic E-state index is 0.147. The number of Topliss-reactive ketones (excluding diaryl/α,β-unsaturated/α-hetero) is 1. The summed E-state index contributed by atoms with van der Waals surface area (Å²) in [6, 6.07) is 6.75. The van der Waals surface area contributed by atoms with Crippen LogP contribution in [0.15, 0.2) is 34.1 Å². The first kappa shape index (κ1) is 13.3. The van der Waals surface area contributed by atoms with Gasteiger partial charge in [0.2, 0.25) is 0 Å². The number of ketones is 1. The SMILES string of the molecule is CC(=O)c1csc(NC(=O)c2cc3cc(N)ccc3o2)n1. The van der Waals surface area contributed by atoms with Gasteiger partial charge in [-0.3, -0.25) is 14.9 Å². The number of carbonyl (C=O) groups is 2. The molecule has 6 nitrogen and oxygen atoms in total. The molecule has 0 aliphatic carbocycles. The second-order valence-corrected chi connectivity index (χ2v) is 5.31. The van der Waals surface area contributed by atoms with Gasteiger partial charge in [-0.15, -0.1) is 11.3 Å². The number of hydrogen-bond acceptors (Lipinski definition) is 6. The van der Waals surface area contributed by atoms with E-state index in [-0.39, 0.29) is 11.5 Å². The number of carbonyl (C=O) groups excluding carboxylic acids is 2. The highest BCUT2D eigenvalue weighted by Crippen LogP contribution is 2.23. The summed E-state index contributed by atoms with van der Waals surface area (Å²) in [7, 11) is 0. The average molecular weight is 301 g/mol. The van der Waals surface area contributed by atoms with Crippen molar-refractivity contribution in [2.45, 2.75) is 6.92 Å². The molecule has 0 spiro atoms. The van der Waals surface area contributed by atoms with Crippen LogP contribution in [-0.2, 0) is 0 Å². The Hall–Kier alpha value is -2.67. The number of furan rings is 1. The molecule has 0 saturated heterocycles. The van der Waals surface area contributed by atoms with Gasteiger partial charge >= 0.3 is 0 Å². The molecule has 1 amide bonds. The summed E-state index contributed by atoms with van der Waals surface area (Å²) in [6.07, 6.45) is 0. The molecule has 0 radical (unpaired) electrons. The number of nitrogens with zero attached hydrogens (tertiary/aromatic N) is 1. The van der Waals surface area contributed by atoms with Gasteiger partial charge in [-0.25, -0.2) is 4.98 Å². The van der Waals surface area contributed by atoms with E-state index < -0.39 is 5.91 Å².